The third-order valence-corrected chi connectivity index (χ3v) is 6.67. The lowest BCUT2D eigenvalue weighted by atomic mass is 10.0. The van der Waals surface area contributed by atoms with Crippen LogP contribution in [0, 0.1) is 0 Å². The second-order valence-corrected chi connectivity index (χ2v) is 8.99. The summed E-state index contributed by atoms with van der Waals surface area (Å²) in [6.45, 7) is 5.70. The van der Waals surface area contributed by atoms with E-state index in [0.717, 1.165) is 65.8 Å². The molecule has 0 radical (unpaired) electrons. The molecule has 0 unspecified atom stereocenters. The lowest BCUT2D eigenvalue weighted by Gasteiger charge is -2.32. The fourth-order valence-corrected chi connectivity index (χ4v) is 4.86. The minimum Gasteiger partial charge on any atom is -0.304 e. The summed E-state index contributed by atoms with van der Waals surface area (Å²) in [5.74, 6) is 1.01. The van der Waals surface area contributed by atoms with Crippen LogP contribution in [0.3, 0.4) is 0 Å². The summed E-state index contributed by atoms with van der Waals surface area (Å²) in [6.07, 6.45) is 0. The number of rotatable bonds is 5. The summed E-state index contributed by atoms with van der Waals surface area (Å²) in [5.41, 5.74) is 3.18. The first-order valence-electron chi connectivity index (χ1n) is 10.6. The fraction of sp³-hybridized carbons (Fsp3) is 0.280. The molecule has 30 heavy (non-hydrogen) atoms. The molecule has 152 valence electrons. The van der Waals surface area contributed by atoms with Gasteiger partial charge >= 0.3 is 0 Å². The van der Waals surface area contributed by atoms with Gasteiger partial charge in [0.2, 0.25) is 0 Å². The van der Waals surface area contributed by atoms with Gasteiger partial charge in [0.05, 0.1) is 11.2 Å². The second-order valence-electron chi connectivity index (χ2n) is 7.93. The van der Waals surface area contributed by atoms with E-state index in [1.165, 1.54) is 10.8 Å². The number of thioether (sulfide) groups is 1. The maximum absolute atomic E-state index is 5.00. The van der Waals surface area contributed by atoms with Gasteiger partial charge in [-0.2, -0.15) is 0 Å². The molecule has 5 rings (SSSR count). The lowest BCUT2D eigenvalue weighted by Crippen LogP contribution is -2.45. The molecule has 5 heteroatoms. The number of para-hydroxylation sites is 1. The van der Waals surface area contributed by atoms with Crippen molar-refractivity contribution >= 4 is 33.4 Å². The fourth-order valence-electron chi connectivity index (χ4n) is 4.01. The van der Waals surface area contributed by atoms with Gasteiger partial charge in [0, 0.05) is 49.4 Å². The Kier molecular flexibility index (Phi) is 5.67. The molecule has 0 N–H and O–H groups in total. The number of fused-ring (bicyclic) bond motifs is 2. The van der Waals surface area contributed by atoms with Crippen molar-refractivity contribution in [2.75, 3.05) is 45.5 Å². The van der Waals surface area contributed by atoms with Crippen LogP contribution in [-0.4, -0.2) is 65.3 Å². The Hall–Kier alpha value is -2.47. The molecule has 1 saturated heterocycles. The highest BCUT2D eigenvalue weighted by atomic mass is 32.2. The van der Waals surface area contributed by atoms with Crippen LogP contribution in [0.1, 0.15) is 0 Å². The molecule has 0 amide bonds. The van der Waals surface area contributed by atoms with Gasteiger partial charge in [-0.3, -0.25) is 4.90 Å². The standard InChI is InChI=1S/C25H26N4S/c1-28-12-14-29(15-13-28)16-17-30-25-26-23-9-5-4-8-22(23)24(27-25)21-11-10-19-6-2-3-7-20(19)18-21/h2-11,18H,12-17H2,1H3. The van der Waals surface area contributed by atoms with E-state index in [2.05, 4.69) is 83.6 Å². The van der Waals surface area contributed by atoms with Gasteiger partial charge in [0.1, 0.15) is 0 Å². The highest BCUT2D eigenvalue weighted by Crippen LogP contribution is 2.30. The Balaban J connectivity index is 1.42. The smallest absolute Gasteiger partial charge is 0.188 e. The van der Waals surface area contributed by atoms with Gasteiger partial charge in [-0.1, -0.05) is 66.4 Å². The zero-order valence-corrected chi connectivity index (χ0v) is 18.1. The van der Waals surface area contributed by atoms with Crippen LogP contribution in [-0.2, 0) is 0 Å². The van der Waals surface area contributed by atoms with Crippen molar-refractivity contribution in [2.24, 2.45) is 0 Å². The Morgan fingerprint density at radius 1 is 0.833 bits per heavy atom. The molecule has 0 bridgehead atoms. The van der Waals surface area contributed by atoms with Crippen LogP contribution in [0.4, 0.5) is 0 Å². The normalized spacial score (nSPS) is 15.8. The molecule has 1 aliphatic rings. The Morgan fingerprint density at radius 3 is 2.47 bits per heavy atom. The summed E-state index contributed by atoms with van der Waals surface area (Å²) in [6, 6.07) is 23.4. The maximum atomic E-state index is 5.00. The third kappa shape index (κ3) is 4.19. The number of benzene rings is 3. The van der Waals surface area contributed by atoms with E-state index < -0.39 is 0 Å². The van der Waals surface area contributed by atoms with Crippen molar-refractivity contribution in [3.8, 4) is 11.3 Å². The quantitative estimate of drug-likeness (QED) is 0.346. The summed E-state index contributed by atoms with van der Waals surface area (Å²) in [4.78, 5) is 14.8. The van der Waals surface area contributed by atoms with Crippen molar-refractivity contribution < 1.29 is 0 Å². The molecule has 0 atom stereocenters. The number of hydrogen-bond donors (Lipinski definition) is 0. The SMILES string of the molecule is CN1CCN(CCSc2nc(-c3ccc4ccccc4c3)c3ccccc3n2)CC1. The minimum absolute atomic E-state index is 0.867. The Labute approximate surface area is 181 Å². The summed E-state index contributed by atoms with van der Waals surface area (Å²) in [5, 5.41) is 4.46. The molecule has 4 aromatic rings. The highest BCUT2D eigenvalue weighted by Gasteiger charge is 2.14. The van der Waals surface area contributed by atoms with Crippen molar-refractivity contribution in [1.29, 1.82) is 0 Å². The minimum atomic E-state index is 0.867. The van der Waals surface area contributed by atoms with Crippen LogP contribution in [0.15, 0.2) is 71.9 Å². The van der Waals surface area contributed by atoms with E-state index in [-0.39, 0.29) is 0 Å². The van der Waals surface area contributed by atoms with Gasteiger partial charge in [-0.15, -0.1) is 0 Å². The van der Waals surface area contributed by atoms with Gasteiger partial charge < -0.3 is 4.90 Å². The molecule has 0 saturated carbocycles. The number of likely N-dealkylation sites (N-methyl/N-ethyl adjacent to an activating group) is 1. The molecule has 1 aliphatic heterocycles. The van der Waals surface area contributed by atoms with Crippen LogP contribution in [0.5, 0.6) is 0 Å². The van der Waals surface area contributed by atoms with Crippen LogP contribution in [0.25, 0.3) is 32.9 Å². The van der Waals surface area contributed by atoms with Gasteiger partial charge in [-0.05, 0) is 30.0 Å². The molecular formula is C25H26N4S. The van der Waals surface area contributed by atoms with Crippen LogP contribution < -0.4 is 0 Å². The molecule has 0 aliphatic carbocycles. The number of hydrogen-bond acceptors (Lipinski definition) is 5. The van der Waals surface area contributed by atoms with Crippen molar-refractivity contribution in [3.05, 3.63) is 66.7 Å². The molecule has 4 nitrogen and oxygen atoms in total. The summed E-state index contributed by atoms with van der Waals surface area (Å²) in [7, 11) is 2.20. The van der Waals surface area contributed by atoms with Gasteiger partial charge in [-0.25, -0.2) is 9.97 Å². The van der Waals surface area contributed by atoms with E-state index in [1.54, 1.807) is 11.8 Å². The van der Waals surface area contributed by atoms with Gasteiger partial charge in [0.25, 0.3) is 0 Å². The number of aromatic nitrogens is 2. The van der Waals surface area contributed by atoms with Crippen molar-refractivity contribution in [3.63, 3.8) is 0 Å². The molecule has 3 aromatic carbocycles. The lowest BCUT2D eigenvalue weighted by molar-refractivity contribution is 0.161. The average molecular weight is 415 g/mol. The van der Waals surface area contributed by atoms with Crippen LogP contribution in [0.2, 0.25) is 0 Å². The Bertz CT molecular complexity index is 1170. The first-order valence-corrected chi connectivity index (χ1v) is 11.5. The van der Waals surface area contributed by atoms with Crippen molar-refractivity contribution in [2.45, 2.75) is 5.16 Å². The third-order valence-electron chi connectivity index (χ3n) is 5.84. The van der Waals surface area contributed by atoms with Crippen molar-refractivity contribution in [1.82, 2.24) is 19.8 Å². The van der Waals surface area contributed by atoms with Crippen LogP contribution >= 0.6 is 11.8 Å². The Morgan fingerprint density at radius 2 is 1.60 bits per heavy atom. The van der Waals surface area contributed by atoms with E-state index in [0.29, 0.717) is 0 Å². The molecule has 0 spiro atoms. The molecule has 1 fully saturated rings. The predicted molar refractivity (Wildman–Crippen MR) is 127 cm³/mol. The predicted octanol–water partition coefficient (Wildman–Crippen LogP) is 4.79. The topological polar surface area (TPSA) is 32.3 Å². The first kappa shape index (κ1) is 19.5. The van der Waals surface area contributed by atoms with E-state index in [4.69, 9.17) is 9.97 Å². The molecule has 1 aromatic heterocycles. The second kappa shape index (κ2) is 8.72. The molecular weight excluding hydrogens is 388 g/mol. The van der Waals surface area contributed by atoms with E-state index in [9.17, 15) is 0 Å². The summed E-state index contributed by atoms with van der Waals surface area (Å²) >= 11 is 1.76. The zero-order valence-electron chi connectivity index (χ0n) is 17.3. The van der Waals surface area contributed by atoms with E-state index in [1.807, 2.05) is 0 Å². The average Bonchev–Trinajstić information content (AvgIpc) is 2.79. The number of piperazine rings is 1. The zero-order chi connectivity index (χ0) is 20.3. The number of nitrogens with zero attached hydrogens (tertiary/aromatic N) is 4. The highest BCUT2D eigenvalue weighted by molar-refractivity contribution is 7.99. The molecule has 2 heterocycles. The first-order chi connectivity index (χ1) is 14.8. The summed E-state index contributed by atoms with van der Waals surface area (Å²) < 4.78 is 0. The monoisotopic (exact) mass is 414 g/mol. The van der Waals surface area contributed by atoms with E-state index >= 15 is 0 Å². The maximum Gasteiger partial charge on any atom is 0.188 e. The van der Waals surface area contributed by atoms with Gasteiger partial charge in [0.15, 0.2) is 5.16 Å². The largest absolute Gasteiger partial charge is 0.304 e.